The maximum absolute atomic E-state index is 10.6. The number of hydrogen-bond donors (Lipinski definition) is 4. The van der Waals surface area contributed by atoms with Gasteiger partial charge in [-0.05, 0) is 39.0 Å². The van der Waals surface area contributed by atoms with Crippen LogP contribution in [0.3, 0.4) is 0 Å². The Morgan fingerprint density at radius 3 is 2.50 bits per heavy atom. The van der Waals surface area contributed by atoms with Crippen molar-refractivity contribution in [2.24, 2.45) is 7.05 Å². The fourth-order valence-corrected chi connectivity index (χ4v) is 3.21. The molecule has 1 rings (SSSR count). The maximum Gasteiger partial charge on any atom is 0.303 e. The number of aryl methyl sites for hydroxylation is 2. The molecule has 0 unspecified atom stereocenters. The Kier molecular flexibility index (Phi) is 11.0. The standard InChI is InChI=1S/C21H36N2O5/c1-4-5-7-11-19(26)21-16(22-15(2)23(21)3)13-14-18(25)17(24)10-8-6-9-12-20(27)28/h6,8,17-19,24-26H,4-5,7,9-14H2,1-3H3,(H,27,28)/b8-6-/t17-,18+,19-/m0/s1. The summed E-state index contributed by atoms with van der Waals surface area (Å²) in [5.41, 5.74) is 1.57. The van der Waals surface area contributed by atoms with Crippen LogP contribution < -0.4 is 0 Å². The third kappa shape index (κ3) is 8.12. The summed E-state index contributed by atoms with van der Waals surface area (Å²) in [5, 5.41) is 39.5. The van der Waals surface area contributed by atoms with Gasteiger partial charge in [-0.3, -0.25) is 4.79 Å². The first-order valence-corrected chi connectivity index (χ1v) is 10.2. The molecule has 0 fully saturated rings. The Bertz CT molecular complexity index is 627. The van der Waals surface area contributed by atoms with Crippen LogP contribution in [0.2, 0.25) is 0 Å². The van der Waals surface area contributed by atoms with Gasteiger partial charge in [0, 0.05) is 13.5 Å². The van der Waals surface area contributed by atoms with Gasteiger partial charge in [-0.25, -0.2) is 4.98 Å². The summed E-state index contributed by atoms with van der Waals surface area (Å²) >= 11 is 0. The van der Waals surface area contributed by atoms with E-state index in [9.17, 15) is 20.1 Å². The summed E-state index contributed by atoms with van der Waals surface area (Å²) in [5.74, 6) is -0.0421. The number of nitrogens with zero attached hydrogens (tertiary/aromatic N) is 2. The lowest BCUT2D eigenvalue weighted by molar-refractivity contribution is -0.136. The molecule has 0 aliphatic carbocycles. The molecule has 4 N–H and O–H groups in total. The lowest BCUT2D eigenvalue weighted by Crippen LogP contribution is -2.26. The van der Waals surface area contributed by atoms with Crippen LogP contribution in [0.15, 0.2) is 12.2 Å². The van der Waals surface area contributed by atoms with E-state index in [1.165, 1.54) is 0 Å². The number of unbranched alkanes of at least 4 members (excludes halogenated alkanes) is 2. The average molecular weight is 397 g/mol. The third-order valence-corrected chi connectivity index (χ3v) is 5.03. The number of aliphatic hydroxyl groups excluding tert-OH is 3. The van der Waals surface area contributed by atoms with E-state index in [-0.39, 0.29) is 12.8 Å². The van der Waals surface area contributed by atoms with Gasteiger partial charge in [-0.1, -0.05) is 38.3 Å². The molecule has 3 atom stereocenters. The van der Waals surface area contributed by atoms with Crippen molar-refractivity contribution in [2.45, 2.75) is 89.9 Å². The molecule has 28 heavy (non-hydrogen) atoms. The van der Waals surface area contributed by atoms with Crippen molar-refractivity contribution in [3.05, 3.63) is 29.4 Å². The number of aliphatic hydroxyl groups is 3. The number of imidazole rings is 1. The predicted octanol–water partition coefficient (Wildman–Crippen LogP) is 2.81. The Hall–Kier alpha value is -1.70. The zero-order valence-corrected chi connectivity index (χ0v) is 17.3. The molecule has 1 aromatic heterocycles. The van der Waals surface area contributed by atoms with Crippen molar-refractivity contribution in [3.63, 3.8) is 0 Å². The lowest BCUT2D eigenvalue weighted by Gasteiger charge is -2.17. The highest BCUT2D eigenvalue weighted by atomic mass is 16.4. The first-order valence-electron chi connectivity index (χ1n) is 10.2. The monoisotopic (exact) mass is 396 g/mol. The molecule has 0 bridgehead atoms. The summed E-state index contributed by atoms with van der Waals surface area (Å²) in [7, 11) is 1.89. The molecule has 0 radical (unpaired) electrons. The van der Waals surface area contributed by atoms with E-state index in [1.807, 2.05) is 18.5 Å². The number of carboxylic acids is 1. The Balaban J connectivity index is 2.58. The average Bonchev–Trinajstić information content (AvgIpc) is 2.93. The minimum Gasteiger partial charge on any atom is -0.481 e. The summed E-state index contributed by atoms with van der Waals surface area (Å²) < 4.78 is 1.90. The fourth-order valence-electron chi connectivity index (χ4n) is 3.21. The van der Waals surface area contributed by atoms with E-state index in [0.717, 1.165) is 36.5 Å². The van der Waals surface area contributed by atoms with Gasteiger partial charge in [0.25, 0.3) is 0 Å². The van der Waals surface area contributed by atoms with E-state index in [1.54, 1.807) is 12.2 Å². The molecule has 160 valence electrons. The van der Waals surface area contributed by atoms with Crippen LogP contribution in [0, 0.1) is 6.92 Å². The van der Waals surface area contributed by atoms with Gasteiger partial charge in [0.05, 0.1) is 29.7 Å². The minimum absolute atomic E-state index is 0.0531. The molecule has 0 saturated heterocycles. The molecule has 1 heterocycles. The number of carboxylic acid groups (broad SMARTS) is 1. The van der Waals surface area contributed by atoms with Crippen LogP contribution >= 0.6 is 0 Å². The second kappa shape index (κ2) is 12.7. The molecule has 0 aliphatic rings. The second-order valence-electron chi connectivity index (χ2n) is 7.37. The predicted molar refractivity (Wildman–Crippen MR) is 108 cm³/mol. The third-order valence-electron chi connectivity index (χ3n) is 5.03. The fraction of sp³-hybridized carbons (Fsp3) is 0.714. The van der Waals surface area contributed by atoms with Gasteiger partial charge in [0.15, 0.2) is 0 Å². The first-order chi connectivity index (χ1) is 13.3. The molecule has 0 aliphatic heterocycles. The summed E-state index contributed by atoms with van der Waals surface area (Å²) in [6.07, 6.45) is 6.37. The number of aliphatic carboxylic acids is 1. The Morgan fingerprint density at radius 1 is 1.14 bits per heavy atom. The maximum atomic E-state index is 10.6. The van der Waals surface area contributed by atoms with Crippen molar-refractivity contribution >= 4 is 5.97 Å². The molecule has 0 aromatic carbocycles. The summed E-state index contributed by atoms with van der Waals surface area (Å²) in [6, 6.07) is 0. The number of carbonyl (C=O) groups is 1. The first kappa shape index (κ1) is 24.3. The molecular weight excluding hydrogens is 360 g/mol. The molecular formula is C21H36N2O5. The highest BCUT2D eigenvalue weighted by molar-refractivity contribution is 5.66. The molecule has 0 spiro atoms. The van der Waals surface area contributed by atoms with Gasteiger partial charge in [-0.15, -0.1) is 0 Å². The van der Waals surface area contributed by atoms with Gasteiger partial charge < -0.3 is 25.0 Å². The lowest BCUT2D eigenvalue weighted by atomic mass is 10.0. The minimum atomic E-state index is -0.913. The van der Waals surface area contributed by atoms with Crippen LogP contribution in [0.1, 0.15) is 81.6 Å². The SMILES string of the molecule is CCCCC[C@H](O)c1c(CC[C@@H](O)[C@@H](O)C/C=C\CCC(=O)O)nc(C)n1C. The molecule has 1 aromatic rings. The Labute approximate surface area is 167 Å². The van der Waals surface area contributed by atoms with Crippen molar-refractivity contribution in [3.8, 4) is 0 Å². The smallest absolute Gasteiger partial charge is 0.303 e. The number of rotatable bonds is 14. The zero-order chi connectivity index (χ0) is 21.1. The molecule has 7 heteroatoms. The number of hydrogen-bond acceptors (Lipinski definition) is 5. The van der Waals surface area contributed by atoms with Crippen molar-refractivity contribution < 1.29 is 25.2 Å². The zero-order valence-electron chi connectivity index (χ0n) is 17.3. The van der Waals surface area contributed by atoms with Crippen molar-refractivity contribution in [2.75, 3.05) is 0 Å². The van der Waals surface area contributed by atoms with E-state index in [4.69, 9.17) is 5.11 Å². The van der Waals surface area contributed by atoms with Gasteiger partial charge >= 0.3 is 5.97 Å². The summed E-state index contributed by atoms with van der Waals surface area (Å²) in [4.78, 5) is 15.0. The van der Waals surface area contributed by atoms with Crippen LogP contribution in [0.25, 0.3) is 0 Å². The van der Waals surface area contributed by atoms with E-state index in [2.05, 4.69) is 11.9 Å². The number of aromatic nitrogens is 2. The Morgan fingerprint density at radius 2 is 1.86 bits per heavy atom. The van der Waals surface area contributed by atoms with Crippen LogP contribution in [-0.2, 0) is 18.3 Å². The largest absolute Gasteiger partial charge is 0.481 e. The highest BCUT2D eigenvalue weighted by Gasteiger charge is 2.22. The quantitative estimate of drug-likeness (QED) is 0.284. The normalized spacial score (nSPS) is 15.1. The van der Waals surface area contributed by atoms with Crippen LogP contribution in [0.5, 0.6) is 0 Å². The van der Waals surface area contributed by atoms with E-state index < -0.39 is 24.3 Å². The van der Waals surface area contributed by atoms with Gasteiger partial charge in [-0.2, -0.15) is 0 Å². The van der Waals surface area contributed by atoms with Crippen LogP contribution in [-0.4, -0.2) is 48.2 Å². The summed E-state index contributed by atoms with van der Waals surface area (Å²) in [6.45, 7) is 4.01. The van der Waals surface area contributed by atoms with Crippen LogP contribution in [0.4, 0.5) is 0 Å². The van der Waals surface area contributed by atoms with Gasteiger partial charge in [0.2, 0.25) is 0 Å². The second-order valence-corrected chi connectivity index (χ2v) is 7.37. The van der Waals surface area contributed by atoms with Gasteiger partial charge in [0.1, 0.15) is 5.82 Å². The van der Waals surface area contributed by atoms with E-state index in [0.29, 0.717) is 25.7 Å². The highest BCUT2D eigenvalue weighted by Crippen LogP contribution is 2.25. The topological polar surface area (TPSA) is 116 Å². The molecule has 0 amide bonds. The molecule has 7 nitrogen and oxygen atoms in total. The van der Waals surface area contributed by atoms with Crippen molar-refractivity contribution in [1.82, 2.24) is 9.55 Å². The number of allylic oxidation sites excluding steroid dienone is 1. The van der Waals surface area contributed by atoms with Crippen molar-refractivity contribution in [1.29, 1.82) is 0 Å². The molecule has 0 saturated carbocycles. The van der Waals surface area contributed by atoms with E-state index >= 15 is 0 Å².